The minimum absolute atomic E-state index is 0. The normalized spacial score (nSPS) is 10.5. The average Bonchev–Trinajstić information content (AvgIpc) is 2.85. The molecule has 4 aromatic carbocycles. The van der Waals surface area contributed by atoms with Crippen LogP contribution in [0.15, 0.2) is 116 Å². The van der Waals surface area contributed by atoms with Gasteiger partial charge in [0.1, 0.15) is 0 Å². The highest BCUT2D eigenvalue weighted by Crippen LogP contribution is 2.23. The molecule has 5 rings (SSSR count). The summed E-state index contributed by atoms with van der Waals surface area (Å²) < 4.78 is 1.82. The van der Waals surface area contributed by atoms with Crippen LogP contribution >= 0.6 is 17.0 Å². The third kappa shape index (κ3) is 4.66. The molecule has 0 aliphatic carbocycles. The van der Waals surface area contributed by atoms with E-state index in [0.29, 0.717) is 5.56 Å². The molecule has 0 saturated heterocycles. The van der Waals surface area contributed by atoms with E-state index in [1.54, 1.807) is 6.33 Å². The van der Waals surface area contributed by atoms with E-state index in [9.17, 15) is 4.79 Å². The van der Waals surface area contributed by atoms with Crippen molar-refractivity contribution < 1.29 is 9.36 Å². The molecule has 0 spiro atoms. The Labute approximate surface area is 197 Å². The molecule has 0 atom stereocenters. The Bertz CT molecular complexity index is 1350. The van der Waals surface area contributed by atoms with E-state index in [-0.39, 0.29) is 29.3 Å². The molecule has 0 unspecified atom stereocenters. The van der Waals surface area contributed by atoms with Gasteiger partial charge in [-0.1, -0.05) is 78.9 Å². The zero-order valence-corrected chi connectivity index (χ0v) is 19.1. The summed E-state index contributed by atoms with van der Waals surface area (Å²) in [4.78, 5) is 17.3. The van der Waals surface area contributed by atoms with Gasteiger partial charge in [0.2, 0.25) is 5.78 Å². The summed E-state index contributed by atoms with van der Waals surface area (Å²) in [6.07, 6.45) is 3.63. The van der Waals surface area contributed by atoms with E-state index in [1.165, 1.54) is 11.1 Å². The largest absolute Gasteiger partial charge is 0.290 e. The molecule has 3 nitrogen and oxygen atoms in total. The van der Waals surface area contributed by atoms with Gasteiger partial charge in [0, 0.05) is 17.2 Å². The molecule has 1 aromatic heterocycles. The van der Waals surface area contributed by atoms with Crippen molar-refractivity contribution in [1.82, 2.24) is 4.98 Å². The molecule has 0 amide bonds. The van der Waals surface area contributed by atoms with Gasteiger partial charge in [-0.15, -0.1) is 17.0 Å². The lowest BCUT2D eigenvalue weighted by molar-refractivity contribution is -0.686. The van der Waals surface area contributed by atoms with E-state index in [1.807, 2.05) is 77.5 Å². The minimum atomic E-state index is 0. The standard InChI is InChI=1S/C28H21N2O.BrH/c31-28(26-15-12-22-8-4-5-9-25(22)18-26)19-30-17-16-27(29-20-30)24-13-10-23(11-14-24)21-6-2-1-3-7-21;/h1-18,20H,19H2;1H/q+1;. The maximum Gasteiger partial charge on any atom is 0.287 e. The fraction of sp³-hybridized carbons (Fsp3) is 0.0357. The summed E-state index contributed by atoms with van der Waals surface area (Å²) in [5.41, 5.74) is 5.02. The van der Waals surface area contributed by atoms with Gasteiger partial charge < -0.3 is 0 Å². The van der Waals surface area contributed by atoms with Crippen molar-refractivity contribution in [2.75, 3.05) is 0 Å². The van der Waals surface area contributed by atoms with Crippen molar-refractivity contribution in [3.05, 3.63) is 121 Å². The molecule has 0 aliphatic rings. The monoisotopic (exact) mass is 481 g/mol. The number of ketones is 1. The van der Waals surface area contributed by atoms with Gasteiger partial charge in [0.25, 0.3) is 6.33 Å². The van der Waals surface area contributed by atoms with Crippen molar-refractivity contribution >= 4 is 33.5 Å². The highest BCUT2D eigenvalue weighted by molar-refractivity contribution is 8.93. The first-order chi connectivity index (χ1) is 15.3. The van der Waals surface area contributed by atoms with Crippen molar-refractivity contribution in [1.29, 1.82) is 0 Å². The van der Waals surface area contributed by atoms with E-state index in [0.717, 1.165) is 22.0 Å². The molecule has 32 heavy (non-hydrogen) atoms. The maximum absolute atomic E-state index is 12.7. The smallest absolute Gasteiger partial charge is 0.287 e. The van der Waals surface area contributed by atoms with Gasteiger partial charge in [-0.3, -0.25) is 4.79 Å². The predicted octanol–water partition coefficient (Wildman–Crippen LogP) is 6.32. The summed E-state index contributed by atoms with van der Waals surface area (Å²) in [5, 5.41) is 2.21. The highest BCUT2D eigenvalue weighted by Gasteiger charge is 2.12. The molecule has 4 heteroatoms. The van der Waals surface area contributed by atoms with Gasteiger partial charge in [-0.2, -0.15) is 0 Å². The van der Waals surface area contributed by atoms with E-state index in [2.05, 4.69) is 41.4 Å². The summed E-state index contributed by atoms with van der Waals surface area (Å²) >= 11 is 0. The molecule has 5 aromatic rings. The number of carbonyl (C=O) groups excluding carboxylic acids is 1. The molecule has 0 saturated carbocycles. The zero-order valence-electron chi connectivity index (χ0n) is 17.4. The Morgan fingerprint density at radius 1 is 0.688 bits per heavy atom. The van der Waals surface area contributed by atoms with Crippen LogP contribution in [-0.2, 0) is 6.54 Å². The fourth-order valence-corrected chi connectivity index (χ4v) is 3.73. The number of fused-ring (bicyclic) bond motifs is 1. The number of hydrogen-bond donors (Lipinski definition) is 0. The molecule has 0 bridgehead atoms. The number of rotatable bonds is 5. The number of Topliss-reactive ketones (excluding diaryl/α,β-unsaturated/α-hetero) is 1. The summed E-state index contributed by atoms with van der Waals surface area (Å²) in [6, 6.07) is 34.5. The number of benzene rings is 4. The first-order valence-corrected chi connectivity index (χ1v) is 10.3. The quantitative estimate of drug-likeness (QED) is 0.217. The van der Waals surface area contributed by atoms with Crippen LogP contribution in [0.2, 0.25) is 0 Å². The zero-order chi connectivity index (χ0) is 21.0. The molecule has 1 heterocycles. The lowest BCUT2D eigenvalue weighted by Crippen LogP contribution is -2.37. The van der Waals surface area contributed by atoms with Crippen LogP contribution < -0.4 is 4.57 Å². The van der Waals surface area contributed by atoms with Crippen molar-refractivity contribution in [3.63, 3.8) is 0 Å². The Hall–Kier alpha value is -3.63. The topological polar surface area (TPSA) is 33.8 Å². The van der Waals surface area contributed by atoms with Crippen LogP contribution in [0.25, 0.3) is 33.2 Å². The van der Waals surface area contributed by atoms with Crippen LogP contribution in [-0.4, -0.2) is 10.8 Å². The third-order valence-electron chi connectivity index (χ3n) is 5.45. The van der Waals surface area contributed by atoms with Crippen LogP contribution in [0.1, 0.15) is 10.4 Å². The first kappa shape index (κ1) is 21.6. The molecule has 156 valence electrons. The van der Waals surface area contributed by atoms with E-state index >= 15 is 0 Å². The second-order valence-corrected chi connectivity index (χ2v) is 7.55. The van der Waals surface area contributed by atoms with Crippen LogP contribution in [0, 0.1) is 0 Å². The van der Waals surface area contributed by atoms with E-state index < -0.39 is 0 Å². The lowest BCUT2D eigenvalue weighted by atomic mass is 10.0. The Morgan fingerprint density at radius 3 is 2.06 bits per heavy atom. The average molecular weight is 482 g/mol. The van der Waals surface area contributed by atoms with Crippen molar-refractivity contribution in [2.45, 2.75) is 6.54 Å². The molecule has 0 fully saturated rings. The maximum atomic E-state index is 12.7. The number of hydrogen-bond acceptors (Lipinski definition) is 2. The number of aromatic nitrogens is 2. The van der Waals surface area contributed by atoms with Crippen molar-refractivity contribution in [2.24, 2.45) is 0 Å². The Balaban J connectivity index is 0.00000245. The summed E-state index contributed by atoms with van der Waals surface area (Å²) in [7, 11) is 0. The van der Waals surface area contributed by atoms with Gasteiger partial charge >= 0.3 is 0 Å². The third-order valence-corrected chi connectivity index (χ3v) is 5.45. The van der Waals surface area contributed by atoms with Gasteiger partial charge in [-0.05, 0) is 45.1 Å². The van der Waals surface area contributed by atoms with Gasteiger partial charge in [-0.25, -0.2) is 4.57 Å². The number of carbonyl (C=O) groups is 1. The number of nitrogens with zero attached hydrogens (tertiary/aromatic N) is 2. The van der Waals surface area contributed by atoms with Crippen LogP contribution in [0.5, 0.6) is 0 Å². The Kier molecular flexibility index (Phi) is 6.52. The Morgan fingerprint density at radius 2 is 1.34 bits per heavy atom. The van der Waals surface area contributed by atoms with Crippen LogP contribution in [0.3, 0.4) is 0 Å². The van der Waals surface area contributed by atoms with Crippen molar-refractivity contribution in [3.8, 4) is 22.4 Å². The first-order valence-electron chi connectivity index (χ1n) is 10.3. The predicted molar refractivity (Wildman–Crippen MR) is 134 cm³/mol. The SMILES string of the molecule is Br.O=C(C[n+]1ccc(-c2ccc(-c3ccccc3)cc2)nc1)c1ccc2ccccc2c1. The molecular formula is C28H22BrN2O+. The second-order valence-electron chi connectivity index (χ2n) is 7.55. The van der Waals surface area contributed by atoms with Crippen LogP contribution in [0.4, 0.5) is 0 Å². The minimum Gasteiger partial charge on any atom is -0.290 e. The lowest BCUT2D eigenvalue weighted by Gasteiger charge is -2.04. The molecular weight excluding hydrogens is 460 g/mol. The summed E-state index contributed by atoms with van der Waals surface area (Å²) in [6.45, 7) is 0.262. The molecule has 0 aliphatic heterocycles. The van der Waals surface area contributed by atoms with Gasteiger partial charge in [0.15, 0.2) is 12.2 Å². The second kappa shape index (κ2) is 9.67. The summed E-state index contributed by atoms with van der Waals surface area (Å²) in [5.74, 6) is 0.0671. The van der Waals surface area contributed by atoms with E-state index in [4.69, 9.17) is 0 Å². The van der Waals surface area contributed by atoms with Gasteiger partial charge in [0.05, 0.1) is 6.20 Å². The highest BCUT2D eigenvalue weighted by atomic mass is 79.9. The molecule has 0 radical (unpaired) electrons. The number of halogens is 1. The fourth-order valence-electron chi connectivity index (χ4n) is 3.73. The molecule has 0 N–H and O–H groups in total.